The van der Waals surface area contributed by atoms with E-state index in [2.05, 4.69) is 6.92 Å². The summed E-state index contributed by atoms with van der Waals surface area (Å²) in [5.41, 5.74) is 0. The predicted molar refractivity (Wildman–Crippen MR) is 64.1 cm³/mol. The van der Waals surface area contributed by atoms with Gasteiger partial charge in [-0.15, -0.1) is 0 Å². The Morgan fingerprint density at radius 2 is 1.69 bits per heavy atom. The summed E-state index contributed by atoms with van der Waals surface area (Å²) in [6, 6.07) is 0. The van der Waals surface area contributed by atoms with Gasteiger partial charge in [-0.25, -0.2) is 0 Å². The van der Waals surface area contributed by atoms with Gasteiger partial charge in [-0.3, -0.25) is 9.59 Å². The third-order valence-electron chi connectivity index (χ3n) is 2.85. The van der Waals surface area contributed by atoms with Crippen LogP contribution < -0.4 is 0 Å². The molecular weight excluding hydrogens is 204 g/mol. The predicted octanol–water partition coefficient (Wildman–Crippen LogP) is 2.97. The van der Waals surface area contributed by atoms with E-state index in [1.165, 1.54) is 0 Å². The molecule has 0 aliphatic heterocycles. The molecule has 3 nitrogen and oxygen atoms in total. The van der Waals surface area contributed by atoms with Gasteiger partial charge in [-0.05, 0) is 12.8 Å². The molecule has 0 amide bonds. The van der Waals surface area contributed by atoms with Gasteiger partial charge in [0, 0.05) is 12.3 Å². The third-order valence-corrected chi connectivity index (χ3v) is 2.85. The molecule has 0 aromatic rings. The van der Waals surface area contributed by atoms with Gasteiger partial charge in [0.25, 0.3) is 0 Å². The van der Waals surface area contributed by atoms with Crippen molar-refractivity contribution in [2.45, 2.75) is 53.4 Å². The van der Waals surface area contributed by atoms with Crippen molar-refractivity contribution in [3.05, 3.63) is 0 Å². The minimum Gasteiger partial charge on any atom is -0.465 e. The molecule has 0 bridgehead atoms. The van der Waals surface area contributed by atoms with E-state index in [0.717, 1.165) is 19.3 Å². The lowest BCUT2D eigenvalue weighted by atomic mass is 9.89. The van der Waals surface area contributed by atoms with Gasteiger partial charge in [0.1, 0.15) is 5.78 Å². The number of hydrogen-bond acceptors (Lipinski definition) is 3. The molecule has 0 spiro atoms. The van der Waals surface area contributed by atoms with E-state index in [0.29, 0.717) is 13.0 Å². The van der Waals surface area contributed by atoms with Crippen molar-refractivity contribution in [1.29, 1.82) is 0 Å². The normalized spacial score (nSPS) is 14.2. The van der Waals surface area contributed by atoms with Crippen LogP contribution in [0.4, 0.5) is 0 Å². The van der Waals surface area contributed by atoms with Gasteiger partial charge in [0.15, 0.2) is 0 Å². The molecule has 0 aliphatic carbocycles. The van der Waals surface area contributed by atoms with Crippen molar-refractivity contribution >= 4 is 11.8 Å². The second kappa shape index (κ2) is 8.31. The highest BCUT2D eigenvalue weighted by Gasteiger charge is 2.26. The molecule has 94 valence electrons. The van der Waals surface area contributed by atoms with Crippen LogP contribution in [0.25, 0.3) is 0 Å². The molecule has 0 rings (SSSR count). The van der Waals surface area contributed by atoms with Crippen LogP contribution in [0.3, 0.4) is 0 Å². The highest BCUT2D eigenvalue weighted by molar-refractivity contribution is 5.86. The van der Waals surface area contributed by atoms with Crippen LogP contribution in [0.2, 0.25) is 0 Å². The summed E-state index contributed by atoms with van der Waals surface area (Å²) >= 11 is 0. The van der Waals surface area contributed by atoms with E-state index in [1.54, 1.807) is 6.92 Å². The highest BCUT2D eigenvalue weighted by atomic mass is 16.5. The van der Waals surface area contributed by atoms with Crippen LogP contribution in [0, 0.1) is 11.8 Å². The SMILES string of the molecule is CCCCC(=O)C(C)C(C)C(=O)OCCC. The lowest BCUT2D eigenvalue weighted by molar-refractivity contribution is -0.151. The quantitative estimate of drug-likeness (QED) is 0.600. The fraction of sp³-hybridized carbons (Fsp3) is 0.846. The molecule has 0 heterocycles. The standard InChI is InChI=1S/C13H24O3/c1-5-7-8-12(14)10(3)11(4)13(15)16-9-6-2/h10-11H,5-9H2,1-4H3. The van der Waals surface area contributed by atoms with Gasteiger partial charge >= 0.3 is 5.97 Å². The second-order valence-electron chi connectivity index (χ2n) is 4.31. The number of carbonyl (C=O) groups excluding carboxylic acids is 2. The van der Waals surface area contributed by atoms with E-state index in [-0.39, 0.29) is 23.6 Å². The van der Waals surface area contributed by atoms with Crippen molar-refractivity contribution in [3.63, 3.8) is 0 Å². The fourth-order valence-corrected chi connectivity index (χ4v) is 1.40. The zero-order valence-corrected chi connectivity index (χ0v) is 10.9. The lowest BCUT2D eigenvalue weighted by Crippen LogP contribution is -2.27. The summed E-state index contributed by atoms with van der Waals surface area (Å²) in [5.74, 6) is -0.631. The molecular formula is C13H24O3. The number of ketones is 1. The topological polar surface area (TPSA) is 43.4 Å². The molecule has 0 fully saturated rings. The van der Waals surface area contributed by atoms with Crippen molar-refractivity contribution in [3.8, 4) is 0 Å². The molecule has 3 heteroatoms. The van der Waals surface area contributed by atoms with Gasteiger partial charge in [0.2, 0.25) is 0 Å². The Labute approximate surface area is 98.6 Å². The van der Waals surface area contributed by atoms with Crippen LogP contribution in [0.5, 0.6) is 0 Å². The van der Waals surface area contributed by atoms with Gasteiger partial charge in [-0.2, -0.15) is 0 Å². The molecule has 0 saturated carbocycles. The summed E-state index contributed by atoms with van der Waals surface area (Å²) in [4.78, 5) is 23.3. The summed E-state index contributed by atoms with van der Waals surface area (Å²) in [7, 11) is 0. The average molecular weight is 228 g/mol. The maximum Gasteiger partial charge on any atom is 0.309 e. The number of rotatable bonds is 8. The first kappa shape index (κ1) is 15.1. The van der Waals surface area contributed by atoms with Crippen LogP contribution in [0.15, 0.2) is 0 Å². The Morgan fingerprint density at radius 3 is 2.19 bits per heavy atom. The van der Waals surface area contributed by atoms with E-state index < -0.39 is 0 Å². The highest BCUT2D eigenvalue weighted by Crippen LogP contribution is 2.17. The zero-order valence-electron chi connectivity index (χ0n) is 10.9. The summed E-state index contributed by atoms with van der Waals surface area (Å²) in [6.45, 7) is 8.03. The van der Waals surface area contributed by atoms with Crippen molar-refractivity contribution in [1.82, 2.24) is 0 Å². The maximum atomic E-state index is 11.7. The van der Waals surface area contributed by atoms with Crippen molar-refractivity contribution in [2.75, 3.05) is 6.61 Å². The van der Waals surface area contributed by atoms with E-state index in [1.807, 2.05) is 13.8 Å². The Hall–Kier alpha value is -0.860. The van der Waals surface area contributed by atoms with Crippen LogP contribution in [-0.2, 0) is 14.3 Å². The van der Waals surface area contributed by atoms with Gasteiger partial charge in [-0.1, -0.05) is 34.1 Å². The molecule has 2 atom stereocenters. The molecule has 0 aliphatic rings. The first-order valence-electron chi connectivity index (χ1n) is 6.23. The summed E-state index contributed by atoms with van der Waals surface area (Å²) in [5, 5.41) is 0. The Bertz CT molecular complexity index is 199. The monoisotopic (exact) mass is 228 g/mol. The first-order chi connectivity index (χ1) is 7.54. The van der Waals surface area contributed by atoms with Crippen LogP contribution in [-0.4, -0.2) is 18.4 Å². The molecule has 0 aromatic heterocycles. The lowest BCUT2D eigenvalue weighted by Gasteiger charge is -2.17. The zero-order chi connectivity index (χ0) is 12.6. The van der Waals surface area contributed by atoms with Crippen molar-refractivity contribution < 1.29 is 14.3 Å². The Balaban J connectivity index is 4.09. The molecule has 2 unspecified atom stereocenters. The molecule has 16 heavy (non-hydrogen) atoms. The number of ether oxygens (including phenoxy) is 1. The minimum absolute atomic E-state index is 0.169. The molecule has 0 saturated heterocycles. The third kappa shape index (κ3) is 5.29. The van der Waals surface area contributed by atoms with Crippen molar-refractivity contribution in [2.24, 2.45) is 11.8 Å². The maximum absolute atomic E-state index is 11.7. The Kier molecular flexibility index (Phi) is 7.86. The number of unbranched alkanes of at least 4 members (excludes halogenated alkanes) is 1. The smallest absolute Gasteiger partial charge is 0.309 e. The van der Waals surface area contributed by atoms with Crippen LogP contribution in [0.1, 0.15) is 53.4 Å². The summed E-state index contributed by atoms with van der Waals surface area (Å²) < 4.78 is 5.04. The van der Waals surface area contributed by atoms with Crippen LogP contribution >= 0.6 is 0 Å². The fourth-order valence-electron chi connectivity index (χ4n) is 1.40. The first-order valence-corrected chi connectivity index (χ1v) is 6.23. The Morgan fingerprint density at radius 1 is 1.06 bits per heavy atom. The summed E-state index contributed by atoms with van der Waals surface area (Å²) in [6.07, 6.45) is 3.30. The van der Waals surface area contributed by atoms with E-state index in [9.17, 15) is 9.59 Å². The largest absolute Gasteiger partial charge is 0.465 e. The van der Waals surface area contributed by atoms with Gasteiger partial charge < -0.3 is 4.74 Å². The number of esters is 1. The molecule has 0 radical (unpaired) electrons. The number of hydrogen-bond donors (Lipinski definition) is 0. The van der Waals surface area contributed by atoms with E-state index in [4.69, 9.17) is 4.74 Å². The number of carbonyl (C=O) groups is 2. The molecule has 0 aromatic carbocycles. The van der Waals surface area contributed by atoms with Gasteiger partial charge in [0.05, 0.1) is 12.5 Å². The number of Topliss-reactive ketones (excluding diaryl/α,β-unsaturated/α-hetero) is 1. The van der Waals surface area contributed by atoms with E-state index >= 15 is 0 Å². The second-order valence-corrected chi connectivity index (χ2v) is 4.31. The average Bonchev–Trinajstić information content (AvgIpc) is 2.30. The minimum atomic E-state index is -0.323. The molecule has 0 N–H and O–H groups in total.